The normalized spacial score (nSPS) is 25.0. The lowest BCUT2D eigenvalue weighted by Gasteiger charge is -2.36. The summed E-state index contributed by atoms with van der Waals surface area (Å²) in [5, 5.41) is 3.52. The Morgan fingerprint density at radius 1 is 1.43 bits per heavy atom. The number of aromatic nitrogens is 1. The molecule has 1 aliphatic carbocycles. The highest BCUT2D eigenvalue weighted by Gasteiger charge is 2.30. The van der Waals surface area contributed by atoms with Crippen LogP contribution in [0.2, 0.25) is 0 Å². The molecule has 2 fully saturated rings. The Balaban J connectivity index is 1.83. The van der Waals surface area contributed by atoms with Crippen molar-refractivity contribution in [2.75, 3.05) is 23.0 Å². The van der Waals surface area contributed by atoms with Crippen LogP contribution in [0.5, 0.6) is 0 Å². The third kappa shape index (κ3) is 3.55. The van der Waals surface area contributed by atoms with Gasteiger partial charge in [0.25, 0.3) is 0 Å². The van der Waals surface area contributed by atoms with Crippen LogP contribution in [0.25, 0.3) is 0 Å². The maximum atomic E-state index is 11.8. The van der Waals surface area contributed by atoms with Crippen LogP contribution in [0.4, 0.5) is 5.69 Å². The van der Waals surface area contributed by atoms with Gasteiger partial charge in [0.1, 0.15) is 0 Å². The summed E-state index contributed by atoms with van der Waals surface area (Å²) in [7, 11) is -2.88. The Morgan fingerprint density at radius 3 is 2.86 bits per heavy atom. The first-order valence-corrected chi connectivity index (χ1v) is 9.43. The number of hydrogen-bond acceptors (Lipinski definition) is 5. The zero-order valence-corrected chi connectivity index (χ0v) is 13.5. The summed E-state index contributed by atoms with van der Waals surface area (Å²) in [5.74, 6) is 0.484. The Kier molecular flexibility index (Phi) is 3.92. The second-order valence-electron chi connectivity index (χ2n) is 6.27. The van der Waals surface area contributed by atoms with Crippen LogP contribution in [-0.2, 0) is 16.4 Å². The van der Waals surface area contributed by atoms with Crippen molar-refractivity contribution in [3.63, 3.8) is 0 Å². The topological polar surface area (TPSA) is 62.3 Å². The zero-order valence-electron chi connectivity index (χ0n) is 12.7. The molecule has 0 bridgehead atoms. The van der Waals surface area contributed by atoms with Crippen molar-refractivity contribution in [3.05, 3.63) is 23.5 Å². The van der Waals surface area contributed by atoms with Crippen molar-refractivity contribution in [1.82, 2.24) is 10.3 Å². The molecular weight excluding hydrogens is 286 g/mol. The van der Waals surface area contributed by atoms with E-state index in [1.807, 2.05) is 20.0 Å². The van der Waals surface area contributed by atoms with Gasteiger partial charge in [-0.25, -0.2) is 8.42 Å². The average Bonchev–Trinajstić information content (AvgIpc) is 3.20. The predicted molar refractivity (Wildman–Crippen MR) is 84.3 cm³/mol. The second kappa shape index (κ2) is 5.57. The molecule has 2 heterocycles. The van der Waals surface area contributed by atoms with Crippen molar-refractivity contribution in [2.24, 2.45) is 0 Å². The van der Waals surface area contributed by atoms with E-state index in [4.69, 9.17) is 0 Å². The molecular formula is C15H23N3O2S. The summed E-state index contributed by atoms with van der Waals surface area (Å²) in [6, 6.07) is 2.75. The molecule has 1 N–H and O–H groups in total. The molecule has 6 heteroatoms. The van der Waals surface area contributed by atoms with E-state index in [1.54, 1.807) is 0 Å². The molecule has 0 aromatic carbocycles. The molecule has 0 spiro atoms. The maximum absolute atomic E-state index is 11.8. The zero-order chi connectivity index (χ0) is 15.0. The number of hydrogen-bond donors (Lipinski definition) is 1. The molecule has 1 unspecified atom stereocenters. The molecule has 0 radical (unpaired) electrons. The molecule has 0 amide bonds. The van der Waals surface area contributed by atoms with Gasteiger partial charge in [-0.1, -0.05) is 0 Å². The van der Waals surface area contributed by atoms with Crippen molar-refractivity contribution in [1.29, 1.82) is 0 Å². The van der Waals surface area contributed by atoms with Crippen LogP contribution in [0.1, 0.15) is 31.0 Å². The maximum Gasteiger partial charge on any atom is 0.154 e. The predicted octanol–water partition coefficient (Wildman–Crippen LogP) is 1.27. The molecule has 1 aromatic heterocycles. The number of anilines is 1. The number of sulfone groups is 1. The van der Waals surface area contributed by atoms with Crippen LogP contribution in [0.3, 0.4) is 0 Å². The Bertz CT molecular complexity index is 626. The first-order valence-electron chi connectivity index (χ1n) is 7.60. The number of aryl methyl sites for hydroxylation is 1. The largest absolute Gasteiger partial charge is 0.366 e. The van der Waals surface area contributed by atoms with Gasteiger partial charge >= 0.3 is 0 Å². The van der Waals surface area contributed by atoms with Crippen LogP contribution in [0.15, 0.2) is 12.3 Å². The summed E-state index contributed by atoms with van der Waals surface area (Å²) in [6.07, 6.45) is 4.44. The van der Waals surface area contributed by atoms with Crippen LogP contribution in [0, 0.1) is 6.92 Å². The second-order valence-corrected chi connectivity index (χ2v) is 8.50. The molecule has 1 aliphatic heterocycles. The van der Waals surface area contributed by atoms with Gasteiger partial charge in [-0.3, -0.25) is 4.98 Å². The van der Waals surface area contributed by atoms with Gasteiger partial charge in [0, 0.05) is 48.3 Å². The van der Waals surface area contributed by atoms with E-state index in [0.717, 1.165) is 17.9 Å². The minimum atomic E-state index is -2.88. The molecule has 21 heavy (non-hydrogen) atoms. The molecule has 1 atom stereocenters. The van der Waals surface area contributed by atoms with Gasteiger partial charge in [0.05, 0.1) is 11.5 Å². The molecule has 116 valence electrons. The van der Waals surface area contributed by atoms with Crippen LogP contribution in [-0.4, -0.2) is 43.5 Å². The standard InChI is InChI=1S/C15H23N3O2S/c1-11-7-15(13(8-16-11)9-17-14-3-4-14)18-5-6-21(19,20)10-12(18)2/h7-8,12,14,17H,3-6,9-10H2,1-2H3. The summed E-state index contributed by atoms with van der Waals surface area (Å²) < 4.78 is 23.5. The van der Waals surface area contributed by atoms with E-state index in [0.29, 0.717) is 12.6 Å². The summed E-state index contributed by atoms with van der Waals surface area (Å²) in [4.78, 5) is 6.62. The fraction of sp³-hybridized carbons (Fsp3) is 0.667. The number of pyridine rings is 1. The third-order valence-electron chi connectivity index (χ3n) is 4.24. The Hall–Kier alpha value is -1.14. The highest BCUT2D eigenvalue weighted by Crippen LogP contribution is 2.27. The van der Waals surface area contributed by atoms with Gasteiger partial charge < -0.3 is 10.2 Å². The van der Waals surface area contributed by atoms with E-state index in [-0.39, 0.29) is 17.5 Å². The molecule has 1 saturated carbocycles. The summed E-state index contributed by atoms with van der Waals surface area (Å²) in [6.45, 7) is 5.35. The van der Waals surface area contributed by atoms with E-state index in [9.17, 15) is 8.42 Å². The Morgan fingerprint density at radius 2 is 2.19 bits per heavy atom. The van der Waals surface area contributed by atoms with Crippen molar-refractivity contribution in [2.45, 2.75) is 45.3 Å². The summed E-state index contributed by atoms with van der Waals surface area (Å²) in [5.41, 5.74) is 3.28. The molecule has 1 saturated heterocycles. The average molecular weight is 309 g/mol. The highest BCUT2D eigenvalue weighted by molar-refractivity contribution is 7.91. The molecule has 1 aromatic rings. The smallest absolute Gasteiger partial charge is 0.154 e. The molecule has 5 nitrogen and oxygen atoms in total. The van der Waals surface area contributed by atoms with Crippen LogP contribution < -0.4 is 10.2 Å². The van der Waals surface area contributed by atoms with Gasteiger partial charge in [0.2, 0.25) is 0 Å². The fourth-order valence-electron chi connectivity index (χ4n) is 2.88. The number of rotatable bonds is 4. The van der Waals surface area contributed by atoms with E-state index in [1.165, 1.54) is 18.4 Å². The lowest BCUT2D eigenvalue weighted by molar-refractivity contribution is 0.567. The van der Waals surface area contributed by atoms with Crippen molar-refractivity contribution < 1.29 is 8.42 Å². The Labute approximate surface area is 126 Å². The first-order chi connectivity index (χ1) is 9.94. The molecule has 2 aliphatic rings. The monoisotopic (exact) mass is 309 g/mol. The van der Waals surface area contributed by atoms with Crippen molar-refractivity contribution in [3.8, 4) is 0 Å². The van der Waals surface area contributed by atoms with Crippen LogP contribution >= 0.6 is 0 Å². The third-order valence-corrected chi connectivity index (χ3v) is 6.03. The highest BCUT2D eigenvalue weighted by atomic mass is 32.2. The SMILES string of the molecule is Cc1cc(N2CCS(=O)(=O)CC2C)c(CNC2CC2)cn1. The fourth-order valence-corrected chi connectivity index (χ4v) is 4.43. The summed E-state index contributed by atoms with van der Waals surface area (Å²) >= 11 is 0. The lowest BCUT2D eigenvalue weighted by Crippen LogP contribution is -2.47. The minimum absolute atomic E-state index is 0.0187. The molecule has 3 rings (SSSR count). The van der Waals surface area contributed by atoms with Gasteiger partial charge in [0.15, 0.2) is 9.84 Å². The lowest BCUT2D eigenvalue weighted by atomic mass is 10.1. The quantitative estimate of drug-likeness (QED) is 0.907. The van der Waals surface area contributed by atoms with Crippen molar-refractivity contribution >= 4 is 15.5 Å². The number of nitrogens with one attached hydrogen (secondary N) is 1. The van der Waals surface area contributed by atoms with Gasteiger partial charge in [-0.2, -0.15) is 0 Å². The van der Waals surface area contributed by atoms with E-state index >= 15 is 0 Å². The van der Waals surface area contributed by atoms with Gasteiger partial charge in [-0.15, -0.1) is 0 Å². The van der Waals surface area contributed by atoms with Gasteiger partial charge in [-0.05, 0) is 32.8 Å². The minimum Gasteiger partial charge on any atom is -0.366 e. The number of nitrogens with zero attached hydrogens (tertiary/aromatic N) is 2. The van der Waals surface area contributed by atoms with E-state index < -0.39 is 9.84 Å². The first kappa shape index (κ1) is 14.8. The van der Waals surface area contributed by atoms with E-state index in [2.05, 4.69) is 21.3 Å².